The van der Waals surface area contributed by atoms with Crippen LogP contribution >= 0.6 is 0 Å². The van der Waals surface area contributed by atoms with Gasteiger partial charge in [0, 0.05) is 13.0 Å². The predicted molar refractivity (Wildman–Crippen MR) is 55.1 cm³/mol. The minimum Gasteiger partial charge on any atom is -0.481 e. The number of hydrogen-bond donors (Lipinski definition) is 2. The van der Waals surface area contributed by atoms with E-state index in [1.807, 2.05) is 0 Å². The van der Waals surface area contributed by atoms with Crippen LogP contribution in [-0.4, -0.2) is 17.0 Å². The predicted octanol–water partition coefficient (Wildman–Crippen LogP) is 1.45. The molecule has 1 aromatic rings. The molecule has 92 valence electrons. The normalized spacial score (nSPS) is 10.0. The van der Waals surface area contributed by atoms with Gasteiger partial charge in [-0.15, -0.1) is 0 Å². The molecular weight excluding hydrogens is 232 g/mol. The SMILES string of the molecule is O=C(O)CCC(=O)NCc1ccc(F)c(F)c1. The molecule has 0 aromatic heterocycles. The third-order valence-electron chi connectivity index (χ3n) is 2.04. The number of carbonyl (C=O) groups excluding carboxylic acids is 1. The highest BCUT2D eigenvalue weighted by Gasteiger charge is 2.06. The molecule has 0 atom stereocenters. The van der Waals surface area contributed by atoms with E-state index in [0.717, 1.165) is 12.1 Å². The number of nitrogens with one attached hydrogen (secondary N) is 1. The molecule has 0 saturated heterocycles. The zero-order valence-corrected chi connectivity index (χ0v) is 8.87. The van der Waals surface area contributed by atoms with E-state index in [9.17, 15) is 18.4 Å². The van der Waals surface area contributed by atoms with Gasteiger partial charge in [0.25, 0.3) is 0 Å². The summed E-state index contributed by atoms with van der Waals surface area (Å²) in [6.45, 7) is 0.0374. The summed E-state index contributed by atoms with van der Waals surface area (Å²) >= 11 is 0. The second kappa shape index (κ2) is 5.93. The number of hydrogen-bond acceptors (Lipinski definition) is 2. The molecule has 1 aromatic carbocycles. The molecule has 1 amide bonds. The largest absolute Gasteiger partial charge is 0.481 e. The molecule has 0 fully saturated rings. The van der Waals surface area contributed by atoms with Crippen LogP contribution in [-0.2, 0) is 16.1 Å². The zero-order chi connectivity index (χ0) is 12.8. The Kier molecular flexibility index (Phi) is 4.56. The van der Waals surface area contributed by atoms with Gasteiger partial charge >= 0.3 is 5.97 Å². The quantitative estimate of drug-likeness (QED) is 0.822. The number of carbonyl (C=O) groups is 2. The van der Waals surface area contributed by atoms with Gasteiger partial charge in [-0.1, -0.05) is 6.07 Å². The molecule has 1 rings (SSSR count). The van der Waals surface area contributed by atoms with E-state index in [1.165, 1.54) is 6.07 Å². The Labute approximate surface area is 96.3 Å². The number of rotatable bonds is 5. The van der Waals surface area contributed by atoms with Crippen LogP contribution in [0, 0.1) is 11.6 Å². The molecule has 0 unspecified atom stereocenters. The minimum atomic E-state index is -1.06. The van der Waals surface area contributed by atoms with Gasteiger partial charge in [0.15, 0.2) is 11.6 Å². The van der Waals surface area contributed by atoms with Crippen molar-refractivity contribution in [1.29, 1.82) is 0 Å². The van der Waals surface area contributed by atoms with Crippen LogP contribution in [0.25, 0.3) is 0 Å². The van der Waals surface area contributed by atoms with Gasteiger partial charge in [0.1, 0.15) is 0 Å². The highest BCUT2D eigenvalue weighted by Crippen LogP contribution is 2.08. The second-order valence-corrected chi connectivity index (χ2v) is 3.42. The molecule has 0 heterocycles. The Morgan fingerprint density at radius 3 is 2.47 bits per heavy atom. The van der Waals surface area contributed by atoms with Gasteiger partial charge in [-0.2, -0.15) is 0 Å². The van der Waals surface area contributed by atoms with Crippen LogP contribution in [0.15, 0.2) is 18.2 Å². The molecule has 0 aliphatic rings. The lowest BCUT2D eigenvalue weighted by atomic mass is 10.2. The van der Waals surface area contributed by atoms with Crippen molar-refractivity contribution in [3.05, 3.63) is 35.4 Å². The van der Waals surface area contributed by atoms with Crippen LogP contribution < -0.4 is 5.32 Å². The highest BCUT2D eigenvalue weighted by atomic mass is 19.2. The second-order valence-electron chi connectivity index (χ2n) is 3.42. The van der Waals surface area contributed by atoms with Crippen molar-refractivity contribution in [2.24, 2.45) is 0 Å². The maximum atomic E-state index is 12.8. The maximum Gasteiger partial charge on any atom is 0.303 e. The lowest BCUT2D eigenvalue weighted by Gasteiger charge is -2.04. The fourth-order valence-electron chi connectivity index (χ4n) is 1.16. The number of amides is 1. The summed E-state index contributed by atoms with van der Waals surface area (Å²) in [6, 6.07) is 3.29. The first-order valence-electron chi connectivity index (χ1n) is 4.91. The summed E-state index contributed by atoms with van der Waals surface area (Å²) in [5.41, 5.74) is 0.410. The Morgan fingerprint density at radius 1 is 1.18 bits per heavy atom. The lowest BCUT2D eigenvalue weighted by Crippen LogP contribution is -2.23. The summed E-state index contributed by atoms with van der Waals surface area (Å²) in [5, 5.41) is 10.8. The third-order valence-corrected chi connectivity index (χ3v) is 2.04. The van der Waals surface area contributed by atoms with Gasteiger partial charge in [0.2, 0.25) is 5.91 Å². The highest BCUT2D eigenvalue weighted by molar-refractivity contribution is 5.80. The monoisotopic (exact) mass is 243 g/mol. The summed E-state index contributed by atoms with van der Waals surface area (Å²) in [5.74, 6) is -3.45. The molecule has 0 radical (unpaired) electrons. The van der Waals surface area contributed by atoms with Crippen molar-refractivity contribution in [3.63, 3.8) is 0 Å². The molecule has 0 spiro atoms. The van der Waals surface area contributed by atoms with Crippen molar-refractivity contribution in [1.82, 2.24) is 5.32 Å². The number of carboxylic acids is 1. The molecule has 4 nitrogen and oxygen atoms in total. The van der Waals surface area contributed by atoms with Crippen LogP contribution in [0.5, 0.6) is 0 Å². The van der Waals surface area contributed by atoms with Crippen molar-refractivity contribution in [2.45, 2.75) is 19.4 Å². The van der Waals surface area contributed by atoms with Crippen molar-refractivity contribution < 1.29 is 23.5 Å². The van der Waals surface area contributed by atoms with E-state index in [-0.39, 0.29) is 19.4 Å². The van der Waals surface area contributed by atoms with Crippen molar-refractivity contribution in [3.8, 4) is 0 Å². The Hall–Kier alpha value is -1.98. The van der Waals surface area contributed by atoms with Gasteiger partial charge < -0.3 is 10.4 Å². The molecule has 17 heavy (non-hydrogen) atoms. The summed E-state index contributed by atoms with van der Waals surface area (Å²) in [6.07, 6.45) is -0.400. The van der Waals surface area contributed by atoms with E-state index in [1.54, 1.807) is 0 Å². The summed E-state index contributed by atoms with van der Waals surface area (Å²) in [4.78, 5) is 21.3. The van der Waals surface area contributed by atoms with Gasteiger partial charge in [-0.25, -0.2) is 8.78 Å². The first kappa shape index (κ1) is 13.1. The van der Waals surface area contributed by atoms with E-state index < -0.39 is 23.5 Å². The number of carboxylic acid groups (broad SMARTS) is 1. The zero-order valence-electron chi connectivity index (χ0n) is 8.87. The van der Waals surface area contributed by atoms with E-state index in [0.29, 0.717) is 5.56 Å². The van der Waals surface area contributed by atoms with Gasteiger partial charge in [-0.3, -0.25) is 9.59 Å². The van der Waals surface area contributed by atoms with E-state index in [2.05, 4.69) is 5.32 Å². The van der Waals surface area contributed by atoms with Gasteiger partial charge in [-0.05, 0) is 17.7 Å². The standard InChI is InChI=1S/C11H11F2NO3/c12-8-2-1-7(5-9(8)13)6-14-10(15)3-4-11(16)17/h1-2,5H,3-4,6H2,(H,14,15)(H,16,17). The maximum absolute atomic E-state index is 12.8. The lowest BCUT2D eigenvalue weighted by molar-refractivity contribution is -0.138. The fourth-order valence-corrected chi connectivity index (χ4v) is 1.16. The topological polar surface area (TPSA) is 66.4 Å². The Morgan fingerprint density at radius 2 is 1.88 bits per heavy atom. The third kappa shape index (κ3) is 4.58. The number of benzene rings is 1. The molecule has 6 heteroatoms. The van der Waals surface area contributed by atoms with E-state index in [4.69, 9.17) is 5.11 Å². The molecule has 0 saturated carbocycles. The summed E-state index contributed by atoms with van der Waals surface area (Å²) in [7, 11) is 0. The van der Waals surface area contributed by atoms with Crippen LogP contribution in [0.3, 0.4) is 0 Å². The Balaban J connectivity index is 2.42. The molecule has 0 bridgehead atoms. The number of halogens is 2. The first-order valence-corrected chi connectivity index (χ1v) is 4.91. The van der Waals surface area contributed by atoms with Gasteiger partial charge in [0.05, 0.1) is 6.42 Å². The van der Waals surface area contributed by atoms with Crippen LogP contribution in [0.1, 0.15) is 18.4 Å². The average molecular weight is 243 g/mol. The average Bonchev–Trinajstić information content (AvgIpc) is 2.28. The van der Waals surface area contributed by atoms with Crippen molar-refractivity contribution in [2.75, 3.05) is 0 Å². The fraction of sp³-hybridized carbons (Fsp3) is 0.273. The minimum absolute atomic E-state index is 0.0374. The first-order chi connectivity index (χ1) is 7.99. The smallest absolute Gasteiger partial charge is 0.303 e. The Bertz CT molecular complexity index is 435. The molecule has 0 aliphatic carbocycles. The number of aliphatic carboxylic acids is 1. The van der Waals surface area contributed by atoms with E-state index >= 15 is 0 Å². The molecule has 2 N–H and O–H groups in total. The summed E-state index contributed by atoms with van der Waals surface area (Å²) < 4.78 is 25.4. The van der Waals surface area contributed by atoms with Crippen LogP contribution in [0.2, 0.25) is 0 Å². The molecular formula is C11H11F2NO3. The van der Waals surface area contributed by atoms with Crippen LogP contribution in [0.4, 0.5) is 8.78 Å². The molecule has 0 aliphatic heterocycles. The van der Waals surface area contributed by atoms with Crippen molar-refractivity contribution >= 4 is 11.9 Å².